The van der Waals surface area contributed by atoms with Gasteiger partial charge in [0, 0.05) is 0 Å². The quantitative estimate of drug-likeness (QED) is 0.825. The minimum atomic E-state index is -3.92. The van der Waals surface area contributed by atoms with Gasteiger partial charge in [-0.25, -0.2) is 15.0 Å². The van der Waals surface area contributed by atoms with E-state index in [9.17, 15) is 13.2 Å². The SMILES string of the molecule is Cc1nc(CN2C(C(N)=O)=NC3=NS(=O)(=O)c4ccccc4N32)oc1C. The number of para-hydroxylation sites is 1. The summed E-state index contributed by atoms with van der Waals surface area (Å²) < 4.78 is 34.0. The summed E-state index contributed by atoms with van der Waals surface area (Å²) in [5.74, 6) is -0.146. The third-order valence-corrected chi connectivity index (χ3v) is 5.34. The largest absolute Gasteiger partial charge is 0.444 e. The van der Waals surface area contributed by atoms with Crippen LogP contribution in [0.4, 0.5) is 5.69 Å². The number of carbonyl (C=O) groups is 1. The first kappa shape index (κ1) is 16.3. The molecule has 11 heteroatoms. The maximum Gasteiger partial charge on any atom is 0.287 e. The van der Waals surface area contributed by atoms with E-state index in [1.54, 1.807) is 32.0 Å². The van der Waals surface area contributed by atoms with E-state index >= 15 is 0 Å². The van der Waals surface area contributed by atoms with Crippen molar-refractivity contribution in [2.45, 2.75) is 25.3 Å². The second-order valence-electron chi connectivity index (χ2n) is 5.75. The van der Waals surface area contributed by atoms with Crippen LogP contribution in [0, 0.1) is 13.8 Å². The first-order valence-electron chi connectivity index (χ1n) is 7.61. The zero-order chi connectivity index (χ0) is 18.6. The van der Waals surface area contributed by atoms with Gasteiger partial charge in [0.05, 0.1) is 11.4 Å². The van der Waals surface area contributed by atoms with E-state index in [1.165, 1.54) is 16.1 Å². The number of hydrogen-bond acceptors (Lipinski definition) is 8. The molecule has 2 aliphatic rings. The Morgan fingerprint density at radius 1 is 1.27 bits per heavy atom. The van der Waals surface area contributed by atoms with E-state index in [1.807, 2.05) is 0 Å². The Bertz CT molecular complexity index is 1080. The molecule has 2 aliphatic heterocycles. The van der Waals surface area contributed by atoms with E-state index in [2.05, 4.69) is 14.4 Å². The molecular weight excluding hydrogens is 360 g/mol. The van der Waals surface area contributed by atoms with E-state index in [0.29, 0.717) is 23.0 Å². The summed E-state index contributed by atoms with van der Waals surface area (Å²) in [6.45, 7) is 3.60. The van der Waals surface area contributed by atoms with Crippen molar-refractivity contribution in [2.24, 2.45) is 15.1 Å². The van der Waals surface area contributed by atoms with Gasteiger partial charge in [-0.1, -0.05) is 12.1 Å². The molecule has 2 aromatic rings. The normalized spacial score (nSPS) is 17.5. The van der Waals surface area contributed by atoms with Crippen LogP contribution in [0.25, 0.3) is 0 Å². The topological polar surface area (TPSA) is 134 Å². The highest BCUT2D eigenvalue weighted by molar-refractivity contribution is 7.90. The Morgan fingerprint density at radius 2 is 2.00 bits per heavy atom. The fraction of sp³-hybridized carbons (Fsp3) is 0.200. The second-order valence-corrected chi connectivity index (χ2v) is 7.32. The molecule has 4 rings (SSSR count). The first-order chi connectivity index (χ1) is 12.3. The van der Waals surface area contributed by atoms with Crippen molar-refractivity contribution >= 4 is 33.4 Å². The average Bonchev–Trinajstić information content (AvgIpc) is 3.07. The molecule has 0 saturated heterocycles. The zero-order valence-corrected chi connectivity index (χ0v) is 14.7. The van der Waals surface area contributed by atoms with Crippen molar-refractivity contribution in [3.05, 3.63) is 41.6 Å². The lowest BCUT2D eigenvalue weighted by Gasteiger charge is -2.32. The molecule has 3 heterocycles. The molecule has 10 nitrogen and oxygen atoms in total. The standard InChI is InChI=1S/C15H14N6O4S/c1-8-9(2)25-12(17-8)7-20-14(13(16)22)18-15-19-26(23,24)11-6-4-3-5-10(11)21(15)20/h3-6H,7H2,1-2H3,(H2,16,22). The van der Waals surface area contributed by atoms with Gasteiger partial charge in [0.15, 0.2) is 0 Å². The van der Waals surface area contributed by atoms with Gasteiger partial charge in [-0.15, -0.1) is 4.40 Å². The molecule has 0 radical (unpaired) electrons. The van der Waals surface area contributed by atoms with Crippen LogP contribution in [-0.4, -0.2) is 36.1 Å². The van der Waals surface area contributed by atoms with Gasteiger partial charge in [0.2, 0.25) is 11.7 Å². The van der Waals surface area contributed by atoms with Crippen LogP contribution in [-0.2, 0) is 21.4 Å². The van der Waals surface area contributed by atoms with Gasteiger partial charge in [0.25, 0.3) is 21.9 Å². The number of rotatable bonds is 3. The second kappa shape index (κ2) is 5.39. The summed E-state index contributed by atoms with van der Waals surface area (Å²) in [5.41, 5.74) is 6.46. The molecule has 1 amide bonds. The van der Waals surface area contributed by atoms with Crippen LogP contribution >= 0.6 is 0 Å². The Morgan fingerprint density at radius 3 is 2.65 bits per heavy atom. The third kappa shape index (κ3) is 2.36. The summed E-state index contributed by atoms with van der Waals surface area (Å²) >= 11 is 0. The molecule has 134 valence electrons. The molecule has 0 unspecified atom stereocenters. The van der Waals surface area contributed by atoms with Crippen molar-refractivity contribution in [3.63, 3.8) is 0 Å². The number of amides is 1. The van der Waals surface area contributed by atoms with Gasteiger partial charge < -0.3 is 10.2 Å². The number of hydrazine groups is 1. The van der Waals surface area contributed by atoms with Crippen molar-refractivity contribution in [2.75, 3.05) is 5.01 Å². The van der Waals surface area contributed by atoms with E-state index in [0.717, 1.165) is 0 Å². The highest BCUT2D eigenvalue weighted by Gasteiger charge is 2.42. The molecule has 0 bridgehead atoms. The van der Waals surface area contributed by atoms with Crippen molar-refractivity contribution in [1.29, 1.82) is 0 Å². The number of amidine groups is 1. The van der Waals surface area contributed by atoms with Crippen LogP contribution in [0.3, 0.4) is 0 Å². The van der Waals surface area contributed by atoms with Crippen LogP contribution in [0.1, 0.15) is 17.3 Å². The van der Waals surface area contributed by atoms with Gasteiger partial charge >= 0.3 is 0 Å². The predicted octanol–water partition coefficient (Wildman–Crippen LogP) is 0.471. The number of guanidine groups is 1. The summed E-state index contributed by atoms with van der Waals surface area (Å²) in [7, 11) is -3.92. The number of nitrogens with zero attached hydrogens (tertiary/aromatic N) is 5. The number of fused-ring (bicyclic) bond motifs is 3. The van der Waals surface area contributed by atoms with Crippen LogP contribution in [0.15, 0.2) is 43.0 Å². The first-order valence-corrected chi connectivity index (χ1v) is 9.05. The predicted molar refractivity (Wildman–Crippen MR) is 91.7 cm³/mol. The summed E-state index contributed by atoms with van der Waals surface area (Å²) in [6, 6.07) is 6.30. The van der Waals surface area contributed by atoms with Crippen LogP contribution in [0.2, 0.25) is 0 Å². The highest BCUT2D eigenvalue weighted by atomic mass is 32.2. The number of primary amides is 1. The van der Waals surface area contributed by atoms with Gasteiger partial charge in [0.1, 0.15) is 17.2 Å². The van der Waals surface area contributed by atoms with Crippen LogP contribution in [0.5, 0.6) is 0 Å². The Kier molecular flexibility index (Phi) is 3.37. The maximum atomic E-state index is 12.4. The number of aromatic nitrogens is 1. The van der Waals surface area contributed by atoms with E-state index in [4.69, 9.17) is 10.2 Å². The molecule has 26 heavy (non-hydrogen) atoms. The lowest BCUT2D eigenvalue weighted by Crippen LogP contribution is -2.48. The highest BCUT2D eigenvalue weighted by Crippen LogP contribution is 2.35. The maximum absolute atomic E-state index is 12.4. The summed E-state index contributed by atoms with van der Waals surface area (Å²) in [6.07, 6.45) is 0. The van der Waals surface area contributed by atoms with Gasteiger partial charge in [-0.2, -0.15) is 13.4 Å². The minimum absolute atomic E-state index is 0.00874. The third-order valence-electron chi connectivity index (χ3n) is 4.03. The van der Waals surface area contributed by atoms with E-state index < -0.39 is 15.9 Å². The lowest BCUT2D eigenvalue weighted by atomic mass is 10.3. The van der Waals surface area contributed by atoms with Crippen LogP contribution < -0.4 is 10.7 Å². The zero-order valence-electron chi connectivity index (χ0n) is 13.9. The van der Waals surface area contributed by atoms with Crippen molar-refractivity contribution in [3.8, 4) is 0 Å². The number of sulfonamides is 1. The lowest BCUT2D eigenvalue weighted by molar-refractivity contribution is -0.112. The summed E-state index contributed by atoms with van der Waals surface area (Å²) in [5, 5.41) is 2.82. The molecule has 1 aromatic heterocycles. The number of carbonyl (C=O) groups excluding carboxylic acids is 1. The molecule has 0 atom stereocenters. The van der Waals surface area contributed by atoms with Crippen molar-refractivity contribution < 1.29 is 17.6 Å². The fourth-order valence-corrected chi connectivity index (χ4v) is 3.87. The molecule has 0 spiro atoms. The molecule has 0 fully saturated rings. The molecule has 0 saturated carbocycles. The Labute approximate surface area is 148 Å². The minimum Gasteiger partial charge on any atom is -0.444 e. The Hall–Kier alpha value is -3.21. The number of aliphatic imine (C=N–C) groups is 1. The number of nitrogens with two attached hydrogens (primary N) is 1. The molecule has 1 aromatic carbocycles. The number of hydrogen-bond donors (Lipinski definition) is 1. The number of anilines is 1. The molecule has 2 N–H and O–H groups in total. The number of aryl methyl sites for hydroxylation is 2. The van der Waals surface area contributed by atoms with Gasteiger partial charge in [-0.05, 0) is 26.0 Å². The monoisotopic (exact) mass is 374 g/mol. The number of oxazole rings is 1. The smallest absolute Gasteiger partial charge is 0.287 e. The summed E-state index contributed by atoms with van der Waals surface area (Å²) in [4.78, 5) is 20.2. The fourth-order valence-electron chi connectivity index (χ4n) is 2.77. The molecular formula is C15H14N6O4S. The Balaban J connectivity index is 1.85. The molecule has 0 aliphatic carbocycles. The van der Waals surface area contributed by atoms with E-state index in [-0.39, 0.29) is 23.2 Å². The average molecular weight is 374 g/mol. The van der Waals surface area contributed by atoms with Gasteiger partial charge in [-0.3, -0.25) is 4.79 Å². The number of benzene rings is 1. The van der Waals surface area contributed by atoms with Crippen molar-refractivity contribution in [1.82, 2.24) is 9.99 Å².